The molecule has 0 aliphatic heterocycles. The average Bonchev–Trinajstić information content (AvgIpc) is 3.29. The maximum atomic E-state index is 11.3. The van der Waals surface area contributed by atoms with Crippen molar-refractivity contribution < 1.29 is 4.79 Å². The van der Waals surface area contributed by atoms with Gasteiger partial charge in [-0.05, 0) is 77.6 Å². The third-order valence-corrected chi connectivity index (χ3v) is 5.99. The van der Waals surface area contributed by atoms with Crippen LogP contribution in [0, 0.1) is 0 Å². The van der Waals surface area contributed by atoms with Crippen LogP contribution >= 0.6 is 0 Å². The SMILES string of the molecule is Cn1ccc2c(-c3ccc(C(N)=O)cc3)cc3c(c21)C1CCC3C1. The third-order valence-electron chi connectivity index (χ3n) is 5.99. The largest absolute Gasteiger partial charge is 0.366 e. The van der Waals surface area contributed by atoms with Gasteiger partial charge in [0.1, 0.15) is 0 Å². The summed E-state index contributed by atoms with van der Waals surface area (Å²) in [7, 11) is 2.15. The molecule has 120 valence electrons. The Labute approximate surface area is 141 Å². The lowest BCUT2D eigenvalue weighted by molar-refractivity contribution is 0.100. The van der Waals surface area contributed by atoms with E-state index in [9.17, 15) is 4.79 Å². The molecule has 3 aromatic rings. The van der Waals surface area contributed by atoms with Crippen LogP contribution in [0.25, 0.3) is 22.0 Å². The van der Waals surface area contributed by atoms with Gasteiger partial charge in [0, 0.05) is 24.2 Å². The minimum atomic E-state index is -0.377. The molecule has 2 aliphatic rings. The number of fused-ring (bicyclic) bond motifs is 7. The first kappa shape index (κ1) is 13.8. The van der Waals surface area contributed by atoms with Gasteiger partial charge in [-0.2, -0.15) is 0 Å². The average molecular weight is 316 g/mol. The predicted molar refractivity (Wildman–Crippen MR) is 96.2 cm³/mol. The number of aromatic nitrogens is 1. The molecule has 1 amide bonds. The normalized spacial score (nSPS) is 21.4. The highest BCUT2D eigenvalue weighted by Crippen LogP contribution is 2.56. The molecule has 1 saturated carbocycles. The minimum absolute atomic E-state index is 0.377. The Morgan fingerprint density at radius 1 is 1.12 bits per heavy atom. The van der Waals surface area contributed by atoms with E-state index in [1.165, 1.54) is 35.7 Å². The van der Waals surface area contributed by atoms with Crippen molar-refractivity contribution in [3.63, 3.8) is 0 Å². The second kappa shape index (κ2) is 4.73. The lowest BCUT2D eigenvalue weighted by atomic mass is 9.86. The predicted octanol–water partition coefficient (Wildman–Crippen LogP) is 4.31. The van der Waals surface area contributed by atoms with Crippen molar-refractivity contribution in [3.05, 3.63) is 59.3 Å². The van der Waals surface area contributed by atoms with E-state index in [2.05, 4.69) is 29.9 Å². The van der Waals surface area contributed by atoms with E-state index in [-0.39, 0.29) is 5.91 Å². The van der Waals surface area contributed by atoms with Crippen molar-refractivity contribution in [3.8, 4) is 11.1 Å². The van der Waals surface area contributed by atoms with E-state index in [4.69, 9.17) is 5.73 Å². The Kier molecular flexibility index (Phi) is 2.73. The Morgan fingerprint density at radius 2 is 1.88 bits per heavy atom. The number of hydrogen-bond acceptors (Lipinski definition) is 1. The summed E-state index contributed by atoms with van der Waals surface area (Å²) in [4.78, 5) is 11.3. The first-order valence-corrected chi connectivity index (χ1v) is 8.65. The van der Waals surface area contributed by atoms with Crippen LogP contribution in [0.4, 0.5) is 0 Å². The summed E-state index contributed by atoms with van der Waals surface area (Å²) < 4.78 is 2.27. The highest BCUT2D eigenvalue weighted by molar-refractivity contribution is 6.00. The number of amides is 1. The number of rotatable bonds is 2. The Bertz CT molecular complexity index is 981. The lowest BCUT2D eigenvalue weighted by Gasteiger charge is -2.19. The molecule has 1 aromatic heterocycles. The number of carbonyl (C=O) groups excluding carboxylic acids is 1. The van der Waals surface area contributed by atoms with Gasteiger partial charge in [-0.1, -0.05) is 12.1 Å². The van der Waals surface area contributed by atoms with Crippen LogP contribution in [0.1, 0.15) is 52.6 Å². The summed E-state index contributed by atoms with van der Waals surface area (Å²) in [6.45, 7) is 0. The Morgan fingerprint density at radius 3 is 2.62 bits per heavy atom. The topological polar surface area (TPSA) is 48.0 Å². The van der Waals surface area contributed by atoms with Crippen LogP contribution in [-0.2, 0) is 7.05 Å². The molecule has 24 heavy (non-hydrogen) atoms. The van der Waals surface area contributed by atoms with Crippen molar-refractivity contribution in [1.82, 2.24) is 4.57 Å². The third kappa shape index (κ3) is 1.75. The zero-order chi connectivity index (χ0) is 16.4. The molecule has 3 heteroatoms. The van der Waals surface area contributed by atoms with Crippen molar-refractivity contribution in [1.29, 1.82) is 0 Å². The van der Waals surface area contributed by atoms with Crippen molar-refractivity contribution >= 4 is 16.8 Å². The molecule has 2 bridgehead atoms. The summed E-state index contributed by atoms with van der Waals surface area (Å²) in [5.41, 5.74) is 12.9. The number of hydrogen-bond donors (Lipinski definition) is 1. The lowest BCUT2D eigenvalue weighted by Crippen LogP contribution is -2.10. The van der Waals surface area contributed by atoms with Gasteiger partial charge in [0.2, 0.25) is 5.91 Å². The van der Waals surface area contributed by atoms with Gasteiger partial charge < -0.3 is 10.3 Å². The van der Waals surface area contributed by atoms with E-state index in [0.717, 1.165) is 17.4 Å². The van der Waals surface area contributed by atoms with Crippen molar-refractivity contribution in [2.24, 2.45) is 12.8 Å². The monoisotopic (exact) mass is 316 g/mol. The van der Waals surface area contributed by atoms with Gasteiger partial charge in [-0.15, -0.1) is 0 Å². The molecule has 2 aromatic carbocycles. The number of benzene rings is 2. The van der Waals surface area contributed by atoms with Crippen LogP contribution in [0.5, 0.6) is 0 Å². The van der Waals surface area contributed by atoms with E-state index in [1.54, 1.807) is 11.1 Å². The van der Waals surface area contributed by atoms with Gasteiger partial charge in [-0.3, -0.25) is 4.79 Å². The van der Waals surface area contributed by atoms with Gasteiger partial charge in [0.25, 0.3) is 0 Å². The van der Waals surface area contributed by atoms with Crippen LogP contribution in [0.3, 0.4) is 0 Å². The quantitative estimate of drug-likeness (QED) is 0.752. The van der Waals surface area contributed by atoms with Gasteiger partial charge >= 0.3 is 0 Å². The van der Waals surface area contributed by atoms with Crippen LogP contribution in [-0.4, -0.2) is 10.5 Å². The van der Waals surface area contributed by atoms with Crippen molar-refractivity contribution in [2.75, 3.05) is 0 Å². The number of nitrogens with two attached hydrogens (primary N) is 1. The summed E-state index contributed by atoms with van der Waals surface area (Å²) in [6.07, 6.45) is 6.15. The van der Waals surface area contributed by atoms with Gasteiger partial charge in [0.05, 0.1) is 5.52 Å². The fourth-order valence-corrected chi connectivity index (χ4v) is 4.88. The minimum Gasteiger partial charge on any atom is -0.366 e. The molecular formula is C21H20N2O. The van der Waals surface area contributed by atoms with Crippen molar-refractivity contribution in [2.45, 2.75) is 31.1 Å². The number of nitrogens with zero attached hydrogens (tertiary/aromatic N) is 1. The molecule has 2 atom stereocenters. The van der Waals surface area contributed by atoms with E-state index < -0.39 is 0 Å². The number of primary amides is 1. The Hall–Kier alpha value is -2.55. The second-order valence-electron chi connectivity index (χ2n) is 7.26. The molecule has 0 radical (unpaired) electrons. The molecule has 0 spiro atoms. The molecule has 0 saturated heterocycles. The van der Waals surface area contributed by atoms with Crippen LogP contribution in [0.2, 0.25) is 0 Å². The van der Waals surface area contributed by atoms with Gasteiger partial charge in [0.15, 0.2) is 0 Å². The Balaban J connectivity index is 1.77. The zero-order valence-corrected chi connectivity index (χ0v) is 13.8. The van der Waals surface area contributed by atoms with Gasteiger partial charge in [-0.25, -0.2) is 0 Å². The molecule has 1 fully saturated rings. The molecule has 2 unspecified atom stereocenters. The highest BCUT2D eigenvalue weighted by atomic mass is 16.1. The molecule has 2 N–H and O–H groups in total. The van der Waals surface area contributed by atoms with Crippen LogP contribution < -0.4 is 5.73 Å². The van der Waals surface area contributed by atoms with E-state index in [1.807, 2.05) is 24.3 Å². The molecular weight excluding hydrogens is 296 g/mol. The van der Waals surface area contributed by atoms with E-state index in [0.29, 0.717) is 5.56 Å². The maximum absolute atomic E-state index is 11.3. The fourth-order valence-electron chi connectivity index (χ4n) is 4.88. The first-order chi connectivity index (χ1) is 11.6. The molecule has 1 heterocycles. The summed E-state index contributed by atoms with van der Waals surface area (Å²) in [6, 6.07) is 12.3. The molecule has 3 nitrogen and oxygen atoms in total. The molecule has 2 aliphatic carbocycles. The first-order valence-electron chi connectivity index (χ1n) is 8.65. The molecule has 5 rings (SSSR count). The van der Waals surface area contributed by atoms with E-state index >= 15 is 0 Å². The smallest absolute Gasteiger partial charge is 0.248 e. The summed E-state index contributed by atoms with van der Waals surface area (Å²) in [5.74, 6) is 1.10. The standard InChI is InChI=1S/C21H20N2O/c1-23-9-8-16-17(12-2-4-13(5-3-12)21(22)24)11-18-14-6-7-15(10-14)19(18)20(16)23/h2-5,8-9,11,14-15H,6-7,10H2,1H3,(H2,22,24). The number of aryl methyl sites for hydroxylation is 1. The van der Waals surface area contributed by atoms with Crippen LogP contribution in [0.15, 0.2) is 42.6 Å². The zero-order valence-electron chi connectivity index (χ0n) is 13.8. The fraction of sp³-hybridized carbons (Fsp3) is 0.286. The highest BCUT2D eigenvalue weighted by Gasteiger charge is 2.39. The number of carbonyl (C=O) groups is 1. The summed E-state index contributed by atoms with van der Waals surface area (Å²) >= 11 is 0. The maximum Gasteiger partial charge on any atom is 0.248 e. The second-order valence-corrected chi connectivity index (χ2v) is 7.26. The summed E-state index contributed by atoms with van der Waals surface area (Å²) in [5, 5.41) is 1.32.